The molecule has 0 spiro atoms. The molecule has 3 atom stereocenters. The fraction of sp³-hybridized carbons (Fsp3) is 0.529. The van der Waals surface area contributed by atoms with Crippen LogP contribution in [0, 0.1) is 0 Å². The number of furan rings is 1. The third kappa shape index (κ3) is 3.53. The van der Waals surface area contributed by atoms with E-state index in [2.05, 4.69) is 15.7 Å². The predicted molar refractivity (Wildman–Crippen MR) is 88.3 cm³/mol. The number of ether oxygens (including phenoxy) is 1. The largest absolute Gasteiger partial charge is 0.467 e. The Labute approximate surface area is 152 Å². The predicted octanol–water partition coefficient (Wildman–Crippen LogP) is 3.05. The lowest BCUT2D eigenvalue weighted by Crippen LogP contribution is -2.37. The minimum absolute atomic E-state index is 0.0369. The van der Waals surface area contributed by atoms with Crippen LogP contribution in [0.4, 0.5) is 19.0 Å². The van der Waals surface area contributed by atoms with E-state index in [0.29, 0.717) is 18.9 Å². The van der Waals surface area contributed by atoms with Crippen molar-refractivity contribution in [2.75, 3.05) is 18.5 Å². The molecule has 0 radical (unpaired) electrons. The van der Waals surface area contributed by atoms with Crippen molar-refractivity contribution in [3.8, 4) is 0 Å². The van der Waals surface area contributed by atoms with Gasteiger partial charge in [-0.3, -0.25) is 4.79 Å². The third-order valence-corrected chi connectivity index (χ3v) is 4.88. The molecule has 0 aliphatic carbocycles. The second-order valence-corrected chi connectivity index (χ2v) is 6.70. The van der Waals surface area contributed by atoms with Crippen LogP contribution >= 0.6 is 0 Å². The van der Waals surface area contributed by atoms with E-state index in [1.165, 1.54) is 6.26 Å². The monoisotopic (exact) mass is 384 g/mol. The number of carbonyl (C=O) groups is 1. The molecule has 1 saturated heterocycles. The molecule has 4 rings (SSSR count). The fourth-order valence-electron chi connectivity index (χ4n) is 3.51. The Bertz CT molecular complexity index is 797. The van der Waals surface area contributed by atoms with Crippen LogP contribution in [0.3, 0.4) is 0 Å². The van der Waals surface area contributed by atoms with Crippen molar-refractivity contribution >= 4 is 11.7 Å². The molecular weight excluding hydrogens is 365 g/mol. The van der Waals surface area contributed by atoms with Gasteiger partial charge in [-0.25, -0.2) is 4.68 Å². The average molecular weight is 384 g/mol. The number of rotatable bonds is 4. The van der Waals surface area contributed by atoms with E-state index < -0.39 is 24.2 Å². The quantitative estimate of drug-likeness (QED) is 0.847. The lowest BCUT2D eigenvalue weighted by molar-refractivity contribution is -0.174. The van der Waals surface area contributed by atoms with E-state index in [4.69, 9.17) is 9.15 Å². The van der Waals surface area contributed by atoms with Crippen LogP contribution < -0.4 is 10.6 Å². The summed E-state index contributed by atoms with van der Waals surface area (Å²) in [6.07, 6.45) is -0.490. The third-order valence-electron chi connectivity index (χ3n) is 4.88. The summed E-state index contributed by atoms with van der Waals surface area (Å²) < 4.78 is 52.2. The molecule has 7 nitrogen and oxygen atoms in total. The highest BCUT2D eigenvalue weighted by molar-refractivity contribution is 5.98. The number of alkyl halides is 3. The number of nitrogens with one attached hydrogen (secondary N) is 2. The van der Waals surface area contributed by atoms with Crippen LogP contribution in [0.25, 0.3) is 0 Å². The van der Waals surface area contributed by atoms with Crippen molar-refractivity contribution in [3.63, 3.8) is 0 Å². The Hall–Kier alpha value is -2.49. The number of fused-ring (bicyclic) bond motifs is 1. The topological polar surface area (TPSA) is 81.3 Å². The first kappa shape index (κ1) is 17.9. The number of amides is 1. The van der Waals surface area contributed by atoms with Gasteiger partial charge < -0.3 is 19.8 Å². The van der Waals surface area contributed by atoms with E-state index in [-0.39, 0.29) is 23.9 Å². The van der Waals surface area contributed by atoms with Gasteiger partial charge in [-0.05, 0) is 25.0 Å². The number of carbonyl (C=O) groups excluding carboxylic acids is 1. The normalized spacial score (nSPS) is 25.1. The van der Waals surface area contributed by atoms with Crippen molar-refractivity contribution in [3.05, 3.63) is 35.9 Å². The SMILES string of the molecule is O=C(NC[C@@H]1CCCO1)c1cnn2c1N[C@H](c1ccco1)C[C@H]2C(F)(F)F. The standard InChI is InChI=1S/C17H19F3N4O3/c18-17(19,20)14-7-12(13-4-2-6-27-13)23-15-11(9-22-24(14)15)16(25)21-8-10-3-1-5-26-10/h2,4,6,9-10,12,14,23H,1,3,5,7-8H2,(H,21,25)/t10-,12-,14-/m0/s1. The molecule has 2 aliphatic heterocycles. The average Bonchev–Trinajstić information content (AvgIpc) is 3.39. The fourth-order valence-corrected chi connectivity index (χ4v) is 3.51. The lowest BCUT2D eigenvalue weighted by Gasteiger charge is -2.32. The second-order valence-electron chi connectivity index (χ2n) is 6.70. The van der Waals surface area contributed by atoms with Crippen LogP contribution in [0.1, 0.15) is 47.5 Å². The Kier molecular flexibility index (Phi) is 4.58. The van der Waals surface area contributed by atoms with Gasteiger partial charge in [0, 0.05) is 19.6 Å². The highest BCUT2D eigenvalue weighted by atomic mass is 19.4. The first-order valence-corrected chi connectivity index (χ1v) is 8.77. The minimum atomic E-state index is -4.50. The molecule has 4 heterocycles. The van der Waals surface area contributed by atoms with Gasteiger partial charge in [0.05, 0.1) is 24.6 Å². The van der Waals surface area contributed by atoms with Crippen LogP contribution in [-0.4, -0.2) is 41.1 Å². The van der Waals surface area contributed by atoms with E-state index in [0.717, 1.165) is 23.7 Å². The van der Waals surface area contributed by atoms with Crippen molar-refractivity contribution in [1.82, 2.24) is 15.1 Å². The number of aromatic nitrogens is 2. The van der Waals surface area contributed by atoms with Crippen LogP contribution in [0.5, 0.6) is 0 Å². The van der Waals surface area contributed by atoms with E-state index in [9.17, 15) is 18.0 Å². The maximum Gasteiger partial charge on any atom is 0.410 e. The molecule has 27 heavy (non-hydrogen) atoms. The number of nitrogens with zero attached hydrogens (tertiary/aromatic N) is 2. The van der Waals surface area contributed by atoms with E-state index >= 15 is 0 Å². The Morgan fingerprint density at radius 1 is 1.44 bits per heavy atom. The van der Waals surface area contributed by atoms with Crippen molar-refractivity contribution < 1.29 is 27.1 Å². The molecule has 0 unspecified atom stereocenters. The summed E-state index contributed by atoms with van der Waals surface area (Å²) in [5.74, 6) is -0.0718. The van der Waals surface area contributed by atoms with Crippen molar-refractivity contribution in [2.45, 2.75) is 43.6 Å². The smallest absolute Gasteiger partial charge is 0.410 e. The maximum absolute atomic E-state index is 13.6. The first-order valence-electron chi connectivity index (χ1n) is 8.77. The molecular formula is C17H19F3N4O3. The minimum Gasteiger partial charge on any atom is -0.467 e. The van der Waals surface area contributed by atoms with E-state index in [1.54, 1.807) is 12.1 Å². The highest BCUT2D eigenvalue weighted by Gasteiger charge is 2.47. The molecule has 1 amide bonds. The zero-order valence-corrected chi connectivity index (χ0v) is 14.3. The van der Waals surface area contributed by atoms with Gasteiger partial charge in [-0.2, -0.15) is 18.3 Å². The van der Waals surface area contributed by atoms with Gasteiger partial charge in [0.1, 0.15) is 17.1 Å². The molecule has 2 N–H and O–H groups in total. The first-order chi connectivity index (χ1) is 12.9. The number of halogens is 3. The Morgan fingerprint density at radius 2 is 2.30 bits per heavy atom. The summed E-state index contributed by atoms with van der Waals surface area (Å²) in [6.45, 7) is 0.969. The summed E-state index contributed by atoms with van der Waals surface area (Å²) in [5.41, 5.74) is 0.0681. The van der Waals surface area contributed by atoms with Crippen molar-refractivity contribution in [2.24, 2.45) is 0 Å². The number of hydrogen-bond donors (Lipinski definition) is 2. The molecule has 146 valence electrons. The molecule has 1 fully saturated rings. The van der Waals surface area contributed by atoms with Crippen LogP contribution in [-0.2, 0) is 4.74 Å². The van der Waals surface area contributed by atoms with Gasteiger partial charge in [0.2, 0.25) is 0 Å². The molecule has 10 heteroatoms. The Balaban J connectivity index is 1.59. The molecule has 0 saturated carbocycles. The van der Waals surface area contributed by atoms with Gasteiger partial charge in [0.25, 0.3) is 5.91 Å². The maximum atomic E-state index is 13.6. The summed E-state index contributed by atoms with van der Waals surface area (Å²) in [4.78, 5) is 12.5. The van der Waals surface area contributed by atoms with E-state index in [1.807, 2.05) is 0 Å². The molecule has 2 aromatic heterocycles. The van der Waals surface area contributed by atoms with Crippen LogP contribution in [0.2, 0.25) is 0 Å². The van der Waals surface area contributed by atoms with Gasteiger partial charge in [0.15, 0.2) is 6.04 Å². The summed E-state index contributed by atoms with van der Waals surface area (Å²) >= 11 is 0. The molecule has 0 aromatic carbocycles. The number of anilines is 1. The zero-order chi connectivity index (χ0) is 19.0. The van der Waals surface area contributed by atoms with Crippen molar-refractivity contribution in [1.29, 1.82) is 0 Å². The summed E-state index contributed by atoms with van der Waals surface area (Å²) in [5, 5.41) is 9.52. The molecule has 2 aliphatic rings. The molecule has 0 bridgehead atoms. The molecule has 2 aromatic rings. The summed E-state index contributed by atoms with van der Waals surface area (Å²) in [6, 6.07) is 0.666. The summed E-state index contributed by atoms with van der Waals surface area (Å²) in [7, 11) is 0. The number of hydrogen-bond acceptors (Lipinski definition) is 5. The highest BCUT2D eigenvalue weighted by Crippen LogP contribution is 2.44. The van der Waals surface area contributed by atoms with Gasteiger partial charge >= 0.3 is 6.18 Å². The zero-order valence-electron chi connectivity index (χ0n) is 14.3. The van der Waals surface area contributed by atoms with Gasteiger partial charge in [-0.1, -0.05) is 0 Å². The second kappa shape index (κ2) is 6.91. The Morgan fingerprint density at radius 3 is 2.96 bits per heavy atom. The van der Waals surface area contributed by atoms with Crippen LogP contribution in [0.15, 0.2) is 29.0 Å². The van der Waals surface area contributed by atoms with Gasteiger partial charge in [-0.15, -0.1) is 0 Å². The lowest BCUT2D eigenvalue weighted by atomic mass is 10.0.